The maximum atomic E-state index is 11.4. The van der Waals surface area contributed by atoms with Gasteiger partial charge in [-0.25, -0.2) is 15.6 Å². The van der Waals surface area contributed by atoms with Crippen molar-refractivity contribution in [1.29, 1.82) is 0 Å². The zero-order valence-corrected chi connectivity index (χ0v) is 13.9. The van der Waals surface area contributed by atoms with Crippen LogP contribution in [0.15, 0.2) is 10.2 Å². The molecule has 0 saturated carbocycles. The Labute approximate surface area is 137 Å². The van der Waals surface area contributed by atoms with Gasteiger partial charge in [-0.3, -0.25) is 9.59 Å². The Balaban J connectivity index is 4.52. The van der Waals surface area contributed by atoms with E-state index in [1.165, 1.54) is 28.1 Å². The average Bonchev–Trinajstić information content (AvgIpc) is 2.54. The Kier molecular flexibility index (Phi) is 9.11. The normalized spacial score (nSPS) is 14.6. The number of nitrogens with zero attached hydrogens (tertiary/aromatic N) is 2. The second-order valence-corrected chi connectivity index (χ2v) is 4.70. The number of methoxy groups -OCH3 is 2. The number of ether oxygens (including phenoxy) is 2. The molecule has 0 aliphatic rings. The number of rotatable bonds is 6. The highest BCUT2D eigenvalue weighted by Crippen LogP contribution is 2.02. The Morgan fingerprint density at radius 3 is 1.45 bits per heavy atom. The summed E-state index contributed by atoms with van der Waals surface area (Å²) in [6.45, 7) is 2.85. The van der Waals surface area contributed by atoms with Gasteiger partial charge in [-0.2, -0.15) is 10.2 Å². The quantitative estimate of drug-likeness (QED) is 0.313. The fourth-order valence-electron chi connectivity index (χ4n) is 0.964. The molecule has 11 heteroatoms. The van der Waals surface area contributed by atoms with Crippen LogP contribution in [-0.4, -0.2) is 54.4 Å². The third-order valence-electron chi connectivity index (χ3n) is 2.22. The largest absolute Gasteiger partial charge is 0.468 e. The van der Waals surface area contributed by atoms with Crippen LogP contribution in [0.5, 0.6) is 0 Å². The molecule has 9 nitrogen and oxygen atoms in total. The van der Waals surface area contributed by atoms with E-state index in [4.69, 9.17) is 23.2 Å². The predicted octanol–water partition coefficient (Wildman–Crippen LogP) is 0.598. The highest BCUT2D eigenvalue weighted by Gasteiger charge is 2.20. The minimum atomic E-state index is -1.12. The lowest BCUT2D eigenvalue weighted by molar-refractivity contribution is -0.139. The van der Waals surface area contributed by atoms with Gasteiger partial charge in [0.1, 0.15) is 0 Å². The van der Waals surface area contributed by atoms with Crippen LogP contribution in [0.4, 0.5) is 4.79 Å². The van der Waals surface area contributed by atoms with E-state index < -0.39 is 28.7 Å². The van der Waals surface area contributed by atoms with Crippen molar-refractivity contribution < 1.29 is 23.9 Å². The molecule has 0 spiro atoms. The maximum absolute atomic E-state index is 11.4. The first-order valence-electron chi connectivity index (χ1n) is 5.82. The Hall–Kier alpha value is -1.87. The van der Waals surface area contributed by atoms with Crippen LogP contribution in [0.3, 0.4) is 0 Å². The first-order valence-corrected chi connectivity index (χ1v) is 6.70. The van der Waals surface area contributed by atoms with E-state index in [1.807, 2.05) is 0 Å². The molecule has 0 bridgehead atoms. The number of nitrogens with one attached hydrogen (secondary N) is 2. The molecular formula is C11H16Cl2N4O5. The number of hydrazone groups is 2. The Morgan fingerprint density at radius 1 is 0.864 bits per heavy atom. The number of carbonyl (C=O) groups excluding carboxylic acids is 3. The highest BCUT2D eigenvalue weighted by molar-refractivity contribution is 6.42. The molecule has 0 aromatic heterocycles. The summed E-state index contributed by atoms with van der Waals surface area (Å²) in [7, 11) is 2.35. The summed E-state index contributed by atoms with van der Waals surface area (Å²) in [6.07, 6.45) is 0. The first kappa shape index (κ1) is 20.1. The molecule has 2 amide bonds. The van der Waals surface area contributed by atoms with E-state index >= 15 is 0 Å². The van der Waals surface area contributed by atoms with Crippen LogP contribution in [0.1, 0.15) is 13.8 Å². The number of urea groups is 1. The van der Waals surface area contributed by atoms with Gasteiger partial charge in [-0.15, -0.1) is 23.2 Å². The van der Waals surface area contributed by atoms with Gasteiger partial charge < -0.3 is 9.47 Å². The van der Waals surface area contributed by atoms with Crippen LogP contribution in [0.2, 0.25) is 0 Å². The van der Waals surface area contributed by atoms with Crippen molar-refractivity contribution in [2.75, 3.05) is 14.2 Å². The molecule has 0 saturated heterocycles. The second-order valence-electron chi connectivity index (χ2n) is 3.83. The van der Waals surface area contributed by atoms with Crippen LogP contribution >= 0.6 is 23.2 Å². The molecule has 22 heavy (non-hydrogen) atoms. The van der Waals surface area contributed by atoms with Crippen molar-refractivity contribution in [2.45, 2.75) is 24.6 Å². The van der Waals surface area contributed by atoms with Crippen LogP contribution in [-0.2, 0) is 19.1 Å². The number of halogens is 2. The summed E-state index contributed by atoms with van der Waals surface area (Å²) in [6, 6.07) is -0.818. The van der Waals surface area contributed by atoms with E-state index in [2.05, 4.69) is 30.5 Å². The summed E-state index contributed by atoms with van der Waals surface area (Å²) in [4.78, 5) is 33.7. The van der Waals surface area contributed by atoms with E-state index in [-0.39, 0.29) is 11.4 Å². The molecule has 0 heterocycles. The monoisotopic (exact) mass is 354 g/mol. The SMILES string of the molecule is COC(=O)C(Cl)/C(C)=N/NC(=O)N/N=C(\C)C(Cl)C(=O)OC. The number of hydrogen-bond donors (Lipinski definition) is 2. The standard InChI is InChI=1S/C11H16Cl2N4O5/c1-5(7(12)9(18)21-3)14-16-11(20)17-15-6(2)8(13)10(19)22-4/h7-8H,1-4H3,(H2,16,17,20)/b14-5+,15-6+. The molecule has 0 aliphatic carbocycles. The Morgan fingerprint density at radius 2 is 1.18 bits per heavy atom. The summed E-state index contributed by atoms with van der Waals surface area (Å²) >= 11 is 11.4. The molecule has 0 rings (SSSR count). The topological polar surface area (TPSA) is 118 Å². The molecule has 124 valence electrons. The predicted molar refractivity (Wildman–Crippen MR) is 81.2 cm³/mol. The van der Waals surface area contributed by atoms with Crippen molar-refractivity contribution in [1.82, 2.24) is 10.9 Å². The smallest absolute Gasteiger partial charge is 0.355 e. The highest BCUT2D eigenvalue weighted by atomic mass is 35.5. The Bertz CT molecular complexity index is 453. The molecule has 0 fully saturated rings. The van der Waals surface area contributed by atoms with Crippen LogP contribution in [0, 0.1) is 0 Å². The van der Waals surface area contributed by atoms with Gasteiger partial charge >= 0.3 is 18.0 Å². The zero-order chi connectivity index (χ0) is 17.3. The number of carbonyl (C=O) groups is 3. The van der Waals surface area contributed by atoms with Crippen LogP contribution in [0.25, 0.3) is 0 Å². The lowest BCUT2D eigenvalue weighted by Gasteiger charge is -2.08. The second kappa shape index (κ2) is 9.96. The molecule has 0 aliphatic heterocycles. The molecular weight excluding hydrogens is 339 g/mol. The number of hydrogen-bond acceptors (Lipinski definition) is 7. The van der Waals surface area contributed by atoms with Gasteiger partial charge in [0.2, 0.25) is 0 Å². The van der Waals surface area contributed by atoms with Gasteiger partial charge in [0.25, 0.3) is 0 Å². The van der Waals surface area contributed by atoms with Crippen molar-refractivity contribution >= 4 is 52.6 Å². The third-order valence-corrected chi connectivity index (χ3v) is 3.21. The minimum Gasteiger partial charge on any atom is -0.468 e. The van der Waals surface area contributed by atoms with Gasteiger partial charge in [-0.1, -0.05) is 0 Å². The molecule has 2 unspecified atom stereocenters. The van der Waals surface area contributed by atoms with Gasteiger partial charge in [-0.05, 0) is 13.8 Å². The fourth-order valence-corrected chi connectivity index (χ4v) is 1.24. The lowest BCUT2D eigenvalue weighted by atomic mass is 10.3. The van der Waals surface area contributed by atoms with E-state index in [1.54, 1.807) is 0 Å². The summed E-state index contributed by atoms with van der Waals surface area (Å²) in [5.74, 6) is -1.41. The third kappa shape index (κ3) is 6.72. The first-order chi connectivity index (χ1) is 10.2. The lowest BCUT2D eigenvalue weighted by Crippen LogP contribution is -2.34. The fraction of sp³-hybridized carbons (Fsp3) is 0.545. The number of alkyl halides is 2. The van der Waals surface area contributed by atoms with Crippen molar-refractivity contribution in [2.24, 2.45) is 10.2 Å². The molecule has 0 aromatic rings. The van der Waals surface area contributed by atoms with Crippen LogP contribution < -0.4 is 10.9 Å². The number of esters is 2. The molecule has 0 radical (unpaired) electrons. The van der Waals surface area contributed by atoms with Crippen molar-refractivity contribution in [3.63, 3.8) is 0 Å². The minimum absolute atomic E-state index is 0.120. The van der Waals surface area contributed by atoms with Crippen molar-refractivity contribution in [3.8, 4) is 0 Å². The molecule has 0 aromatic carbocycles. The average molecular weight is 355 g/mol. The van der Waals surface area contributed by atoms with E-state index in [9.17, 15) is 14.4 Å². The van der Waals surface area contributed by atoms with Gasteiger partial charge in [0, 0.05) is 0 Å². The van der Waals surface area contributed by atoms with E-state index in [0.29, 0.717) is 0 Å². The molecule has 2 N–H and O–H groups in total. The van der Waals surface area contributed by atoms with Crippen molar-refractivity contribution in [3.05, 3.63) is 0 Å². The summed E-state index contributed by atoms with van der Waals surface area (Å²) in [5.41, 5.74) is 4.36. The summed E-state index contributed by atoms with van der Waals surface area (Å²) < 4.78 is 8.84. The number of amides is 2. The molecule has 2 atom stereocenters. The maximum Gasteiger partial charge on any atom is 0.355 e. The van der Waals surface area contributed by atoms with Gasteiger partial charge in [0.05, 0.1) is 25.6 Å². The summed E-state index contributed by atoms with van der Waals surface area (Å²) in [5, 5.41) is 4.94. The van der Waals surface area contributed by atoms with E-state index in [0.717, 1.165) is 0 Å². The zero-order valence-electron chi connectivity index (χ0n) is 12.3. The van der Waals surface area contributed by atoms with Gasteiger partial charge in [0.15, 0.2) is 10.8 Å².